The Hall–Kier alpha value is -4.33. The predicted molar refractivity (Wildman–Crippen MR) is 129 cm³/mol. The van der Waals surface area contributed by atoms with E-state index >= 15 is 0 Å². The van der Waals surface area contributed by atoms with Crippen molar-refractivity contribution in [2.75, 3.05) is 6.79 Å². The standard InChI is InChI=1S/C26H22N4O4/c1-15-25-16(2)28(12-18-7-8-23-24(9-18)34-14-33-23)17(3)26(25)22-11-20(13-29(22)27-15)19-5-4-6-21(10-19)30(31)32/h4-11,13H,12,14H2,1-3H3. The smallest absolute Gasteiger partial charge is 0.270 e. The second-order valence-electron chi connectivity index (χ2n) is 8.65. The van der Waals surface area contributed by atoms with Gasteiger partial charge in [-0.05, 0) is 50.1 Å². The summed E-state index contributed by atoms with van der Waals surface area (Å²) in [5.74, 6) is 1.55. The van der Waals surface area contributed by atoms with Crippen LogP contribution in [0.25, 0.3) is 27.4 Å². The number of aromatic nitrogens is 3. The van der Waals surface area contributed by atoms with E-state index in [2.05, 4.69) is 30.5 Å². The summed E-state index contributed by atoms with van der Waals surface area (Å²) in [6.45, 7) is 7.23. The van der Waals surface area contributed by atoms with Crippen molar-refractivity contribution < 1.29 is 14.4 Å². The molecule has 8 nitrogen and oxygen atoms in total. The number of hydrogen-bond donors (Lipinski definition) is 0. The van der Waals surface area contributed by atoms with Crippen LogP contribution in [-0.4, -0.2) is 25.9 Å². The molecule has 0 fully saturated rings. The van der Waals surface area contributed by atoms with Crippen molar-refractivity contribution in [1.29, 1.82) is 0 Å². The van der Waals surface area contributed by atoms with Crippen molar-refractivity contribution in [3.63, 3.8) is 0 Å². The Morgan fingerprint density at radius 2 is 1.76 bits per heavy atom. The van der Waals surface area contributed by atoms with E-state index in [9.17, 15) is 10.1 Å². The maximum absolute atomic E-state index is 11.2. The molecule has 1 aliphatic rings. The quantitative estimate of drug-likeness (QED) is 0.262. The fourth-order valence-corrected chi connectivity index (χ4v) is 4.99. The van der Waals surface area contributed by atoms with E-state index in [0.29, 0.717) is 6.54 Å². The van der Waals surface area contributed by atoms with Gasteiger partial charge in [0.15, 0.2) is 11.5 Å². The Morgan fingerprint density at radius 1 is 0.971 bits per heavy atom. The molecule has 2 aromatic carbocycles. The summed E-state index contributed by atoms with van der Waals surface area (Å²) in [5, 5.41) is 18.3. The van der Waals surface area contributed by atoms with Gasteiger partial charge in [-0.25, -0.2) is 4.52 Å². The van der Waals surface area contributed by atoms with Crippen molar-refractivity contribution in [2.24, 2.45) is 0 Å². The molecule has 0 amide bonds. The number of rotatable bonds is 4. The maximum Gasteiger partial charge on any atom is 0.270 e. The molecule has 0 saturated heterocycles. The van der Waals surface area contributed by atoms with Crippen LogP contribution >= 0.6 is 0 Å². The molecule has 0 spiro atoms. The van der Waals surface area contributed by atoms with Gasteiger partial charge in [0, 0.05) is 52.6 Å². The first-order valence-electron chi connectivity index (χ1n) is 11.0. The van der Waals surface area contributed by atoms with Gasteiger partial charge in [-0.3, -0.25) is 10.1 Å². The van der Waals surface area contributed by atoms with Gasteiger partial charge in [-0.1, -0.05) is 18.2 Å². The Kier molecular flexibility index (Phi) is 4.38. The van der Waals surface area contributed by atoms with Gasteiger partial charge in [-0.15, -0.1) is 0 Å². The summed E-state index contributed by atoms with van der Waals surface area (Å²) in [7, 11) is 0. The van der Waals surface area contributed by atoms with Crippen molar-refractivity contribution in [1.82, 2.24) is 14.2 Å². The van der Waals surface area contributed by atoms with Gasteiger partial charge in [0.1, 0.15) is 0 Å². The number of benzene rings is 2. The lowest BCUT2D eigenvalue weighted by atomic mass is 10.1. The molecule has 0 N–H and O–H groups in total. The highest BCUT2D eigenvalue weighted by Crippen LogP contribution is 2.36. The number of aryl methyl sites for hydroxylation is 3. The minimum Gasteiger partial charge on any atom is -0.454 e. The lowest BCUT2D eigenvalue weighted by Gasteiger charge is -2.10. The highest BCUT2D eigenvalue weighted by Gasteiger charge is 2.20. The van der Waals surface area contributed by atoms with Crippen LogP contribution in [0.2, 0.25) is 0 Å². The number of nitro benzene ring substituents is 1. The molecule has 0 unspecified atom stereocenters. The average Bonchev–Trinajstić information content (AvgIpc) is 3.52. The van der Waals surface area contributed by atoms with Crippen molar-refractivity contribution in [3.05, 3.63) is 87.5 Å². The molecule has 1 aliphatic heterocycles. The number of nitrogens with zero attached hydrogens (tertiary/aromatic N) is 4. The second-order valence-corrected chi connectivity index (χ2v) is 8.65. The average molecular weight is 454 g/mol. The van der Waals surface area contributed by atoms with Crippen LogP contribution in [0.3, 0.4) is 0 Å². The predicted octanol–water partition coefficient (Wildman–Crippen LogP) is 5.57. The molecule has 170 valence electrons. The molecule has 0 radical (unpaired) electrons. The van der Waals surface area contributed by atoms with Gasteiger partial charge in [0.05, 0.1) is 16.1 Å². The third kappa shape index (κ3) is 3.02. The van der Waals surface area contributed by atoms with Crippen molar-refractivity contribution in [3.8, 4) is 22.6 Å². The molecule has 0 aliphatic carbocycles. The summed E-state index contributed by atoms with van der Waals surface area (Å²) >= 11 is 0. The van der Waals surface area contributed by atoms with Crippen LogP contribution in [0.4, 0.5) is 5.69 Å². The van der Waals surface area contributed by atoms with E-state index in [0.717, 1.165) is 61.6 Å². The first kappa shape index (κ1) is 20.3. The van der Waals surface area contributed by atoms with E-state index in [1.807, 2.05) is 35.8 Å². The van der Waals surface area contributed by atoms with E-state index in [1.54, 1.807) is 12.1 Å². The van der Waals surface area contributed by atoms with Crippen LogP contribution in [0.1, 0.15) is 22.6 Å². The highest BCUT2D eigenvalue weighted by molar-refractivity contribution is 6.02. The van der Waals surface area contributed by atoms with E-state index in [-0.39, 0.29) is 17.4 Å². The maximum atomic E-state index is 11.2. The van der Waals surface area contributed by atoms with Crippen LogP contribution in [0.5, 0.6) is 11.5 Å². The van der Waals surface area contributed by atoms with Gasteiger partial charge >= 0.3 is 0 Å². The van der Waals surface area contributed by atoms with Crippen LogP contribution in [0.15, 0.2) is 54.7 Å². The van der Waals surface area contributed by atoms with Crippen molar-refractivity contribution in [2.45, 2.75) is 27.3 Å². The first-order chi connectivity index (χ1) is 16.4. The minimum atomic E-state index is -0.371. The normalized spacial score (nSPS) is 12.7. The zero-order valence-corrected chi connectivity index (χ0v) is 19.0. The molecular formula is C26H22N4O4. The third-order valence-electron chi connectivity index (χ3n) is 6.63. The van der Waals surface area contributed by atoms with E-state index < -0.39 is 0 Å². The molecule has 0 saturated carbocycles. The fraction of sp³-hybridized carbons (Fsp3) is 0.192. The largest absolute Gasteiger partial charge is 0.454 e. The molecule has 4 heterocycles. The Bertz CT molecular complexity index is 1630. The summed E-state index contributed by atoms with van der Waals surface area (Å²) in [6, 6.07) is 14.8. The summed E-state index contributed by atoms with van der Waals surface area (Å²) in [5.41, 5.74) is 7.10. The summed E-state index contributed by atoms with van der Waals surface area (Å²) in [4.78, 5) is 10.9. The second kappa shape index (κ2) is 7.34. The van der Waals surface area contributed by atoms with Gasteiger partial charge in [0.2, 0.25) is 6.79 Å². The van der Waals surface area contributed by atoms with E-state index in [1.165, 1.54) is 6.07 Å². The Balaban J connectivity index is 1.50. The molecule has 34 heavy (non-hydrogen) atoms. The zero-order valence-electron chi connectivity index (χ0n) is 19.0. The van der Waals surface area contributed by atoms with Crippen LogP contribution in [-0.2, 0) is 6.54 Å². The SMILES string of the molecule is Cc1nn2cc(-c3cccc([N+](=O)[O-])c3)cc2c2c(C)n(Cc3ccc4c(c3)OCO4)c(C)c12. The van der Waals surface area contributed by atoms with E-state index in [4.69, 9.17) is 14.6 Å². The van der Waals surface area contributed by atoms with Gasteiger partial charge in [0.25, 0.3) is 5.69 Å². The number of hydrogen-bond acceptors (Lipinski definition) is 5. The monoisotopic (exact) mass is 454 g/mol. The molecule has 0 atom stereocenters. The van der Waals surface area contributed by atoms with Crippen molar-refractivity contribution >= 4 is 22.0 Å². The highest BCUT2D eigenvalue weighted by atomic mass is 16.7. The Labute approximate surface area is 195 Å². The molecule has 6 rings (SSSR count). The van der Waals surface area contributed by atoms with Gasteiger partial charge in [-0.2, -0.15) is 5.10 Å². The number of fused-ring (bicyclic) bond motifs is 4. The molecule has 3 aromatic heterocycles. The summed E-state index contributed by atoms with van der Waals surface area (Å²) < 4.78 is 15.2. The first-order valence-corrected chi connectivity index (χ1v) is 11.0. The molecule has 8 heteroatoms. The minimum absolute atomic E-state index is 0.0731. The van der Waals surface area contributed by atoms with Gasteiger partial charge < -0.3 is 14.0 Å². The van der Waals surface area contributed by atoms with Crippen LogP contribution in [0, 0.1) is 30.9 Å². The number of non-ortho nitro benzene ring substituents is 1. The summed E-state index contributed by atoms with van der Waals surface area (Å²) in [6.07, 6.45) is 1.94. The lowest BCUT2D eigenvalue weighted by Crippen LogP contribution is -2.03. The topological polar surface area (TPSA) is 83.8 Å². The number of ether oxygens (including phenoxy) is 2. The molecule has 5 aromatic rings. The third-order valence-corrected chi connectivity index (χ3v) is 6.63. The van der Waals surface area contributed by atoms with Crippen LogP contribution < -0.4 is 9.47 Å². The molecule has 0 bridgehead atoms. The molecular weight excluding hydrogens is 432 g/mol. The number of nitro groups is 1. The zero-order chi connectivity index (χ0) is 23.6. The Morgan fingerprint density at radius 3 is 2.59 bits per heavy atom. The lowest BCUT2D eigenvalue weighted by molar-refractivity contribution is -0.384. The fourth-order valence-electron chi connectivity index (χ4n) is 4.99.